The first-order valence-corrected chi connectivity index (χ1v) is 7.46. The SMILES string of the molecule is C#Cc1cccc(F)c1[C@H](OC)C(=O)NCc1ccc(C(=N)N)cc1. The van der Waals surface area contributed by atoms with Gasteiger partial charge in [-0.1, -0.05) is 36.3 Å². The Kier molecular flexibility index (Phi) is 5.88. The number of nitrogens with one attached hydrogen (secondary N) is 2. The molecule has 0 aliphatic rings. The number of carbonyl (C=O) groups excluding carboxylic acids is 1. The van der Waals surface area contributed by atoms with Crippen molar-refractivity contribution in [3.05, 3.63) is 70.5 Å². The summed E-state index contributed by atoms with van der Waals surface area (Å²) in [5.74, 6) is 1.24. The van der Waals surface area contributed by atoms with E-state index in [2.05, 4.69) is 11.2 Å². The van der Waals surface area contributed by atoms with Gasteiger partial charge >= 0.3 is 0 Å². The van der Waals surface area contributed by atoms with Crippen LogP contribution < -0.4 is 11.1 Å². The summed E-state index contributed by atoms with van der Waals surface area (Å²) in [5.41, 5.74) is 7.10. The molecule has 0 unspecified atom stereocenters. The summed E-state index contributed by atoms with van der Waals surface area (Å²) in [6.07, 6.45) is 4.23. The largest absolute Gasteiger partial charge is 0.384 e. The van der Waals surface area contributed by atoms with Crippen LogP contribution in [0, 0.1) is 23.6 Å². The lowest BCUT2D eigenvalue weighted by atomic mass is 10.0. The Morgan fingerprint density at radius 3 is 2.60 bits per heavy atom. The fraction of sp³-hybridized carbons (Fsp3) is 0.158. The fourth-order valence-electron chi connectivity index (χ4n) is 2.37. The molecule has 0 aliphatic heterocycles. The van der Waals surface area contributed by atoms with Crippen molar-refractivity contribution in [3.8, 4) is 12.3 Å². The van der Waals surface area contributed by atoms with Crippen LogP contribution in [-0.4, -0.2) is 18.9 Å². The zero-order valence-electron chi connectivity index (χ0n) is 13.7. The Morgan fingerprint density at radius 1 is 1.36 bits per heavy atom. The molecule has 2 aromatic carbocycles. The molecule has 128 valence electrons. The number of nitrogens with two attached hydrogens (primary N) is 1. The number of methoxy groups -OCH3 is 1. The van der Waals surface area contributed by atoms with E-state index in [-0.39, 0.29) is 23.5 Å². The van der Waals surface area contributed by atoms with Crippen LogP contribution in [0.5, 0.6) is 0 Å². The lowest BCUT2D eigenvalue weighted by molar-refractivity contribution is -0.131. The minimum Gasteiger partial charge on any atom is -0.384 e. The monoisotopic (exact) mass is 339 g/mol. The third-order valence-electron chi connectivity index (χ3n) is 3.68. The first kappa shape index (κ1) is 18.2. The Morgan fingerprint density at radius 2 is 2.04 bits per heavy atom. The van der Waals surface area contributed by atoms with Gasteiger partial charge in [0, 0.05) is 30.3 Å². The Balaban J connectivity index is 2.13. The van der Waals surface area contributed by atoms with Gasteiger partial charge in [-0.05, 0) is 17.7 Å². The molecule has 4 N–H and O–H groups in total. The molecule has 2 rings (SSSR count). The predicted molar refractivity (Wildman–Crippen MR) is 93.4 cm³/mol. The fourth-order valence-corrected chi connectivity index (χ4v) is 2.37. The molecule has 6 heteroatoms. The number of halogens is 1. The summed E-state index contributed by atoms with van der Waals surface area (Å²) in [7, 11) is 1.32. The van der Waals surface area contributed by atoms with E-state index in [1.165, 1.54) is 19.2 Å². The molecule has 2 aromatic rings. The van der Waals surface area contributed by atoms with E-state index < -0.39 is 17.8 Å². The molecule has 1 atom stereocenters. The van der Waals surface area contributed by atoms with Crippen molar-refractivity contribution >= 4 is 11.7 Å². The number of amides is 1. The van der Waals surface area contributed by atoms with E-state index in [4.69, 9.17) is 22.3 Å². The molecule has 0 radical (unpaired) electrons. The number of carbonyl (C=O) groups is 1. The highest BCUT2D eigenvalue weighted by Gasteiger charge is 2.25. The van der Waals surface area contributed by atoms with Crippen LogP contribution >= 0.6 is 0 Å². The summed E-state index contributed by atoms with van der Waals surface area (Å²) in [5, 5.41) is 10.0. The molecule has 5 nitrogen and oxygen atoms in total. The van der Waals surface area contributed by atoms with Gasteiger partial charge < -0.3 is 15.8 Å². The third-order valence-corrected chi connectivity index (χ3v) is 3.68. The van der Waals surface area contributed by atoms with E-state index in [0.29, 0.717) is 5.56 Å². The highest BCUT2D eigenvalue weighted by Crippen LogP contribution is 2.24. The molecule has 1 amide bonds. The van der Waals surface area contributed by atoms with Gasteiger partial charge in [0.2, 0.25) is 0 Å². The van der Waals surface area contributed by atoms with Gasteiger partial charge in [-0.15, -0.1) is 6.42 Å². The Hall–Kier alpha value is -3.17. The van der Waals surface area contributed by atoms with Crippen molar-refractivity contribution in [1.82, 2.24) is 5.32 Å². The van der Waals surface area contributed by atoms with Crippen molar-refractivity contribution in [2.24, 2.45) is 5.73 Å². The number of nitrogen functional groups attached to an aromatic ring is 1. The molecule has 0 aromatic heterocycles. The number of rotatable bonds is 6. The maximum absolute atomic E-state index is 14.1. The molecule has 0 fully saturated rings. The summed E-state index contributed by atoms with van der Waals surface area (Å²) in [4.78, 5) is 12.4. The highest BCUT2D eigenvalue weighted by atomic mass is 19.1. The lowest BCUT2D eigenvalue weighted by Gasteiger charge is -2.18. The van der Waals surface area contributed by atoms with Gasteiger partial charge in [0.05, 0.1) is 0 Å². The maximum Gasteiger partial charge on any atom is 0.254 e. The van der Waals surface area contributed by atoms with E-state index in [0.717, 1.165) is 5.56 Å². The number of ether oxygens (including phenoxy) is 1. The molecule has 0 spiro atoms. The average molecular weight is 339 g/mol. The van der Waals surface area contributed by atoms with Crippen molar-refractivity contribution in [1.29, 1.82) is 5.41 Å². The predicted octanol–water partition coefficient (Wildman–Crippen LogP) is 2.09. The third kappa shape index (κ3) is 4.22. The standard InChI is InChI=1S/C19H18FN3O2/c1-3-13-5-4-6-15(20)16(13)17(25-2)19(24)23-11-12-7-9-14(10-8-12)18(21)22/h1,4-10,17H,11H2,2H3,(H3,21,22)(H,23,24)/t17-/m0/s1. The van der Waals surface area contributed by atoms with Gasteiger partial charge in [-0.3, -0.25) is 10.2 Å². The molecule has 25 heavy (non-hydrogen) atoms. The van der Waals surface area contributed by atoms with Crippen LogP contribution in [0.3, 0.4) is 0 Å². The molecule has 0 heterocycles. The number of terminal acetylenes is 1. The summed E-state index contributed by atoms with van der Waals surface area (Å²) < 4.78 is 19.3. The summed E-state index contributed by atoms with van der Waals surface area (Å²) >= 11 is 0. The quantitative estimate of drug-likeness (QED) is 0.428. The maximum atomic E-state index is 14.1. The Bertz CT molecular complexity index is 826. The number of amidine groups is 1. The van der Waals surface area contributed by atoms with Gasteiger partial charge in [0.25, 0.3) is 5.91 Å². The van der Waals surface area contributed by atoms with Crippen LogP contribution in [0.15, 0.2) is 42.5 Å². The molecular weight excluding hydrogens is 321 g/mol. The van der Waals surface area contributed by atoms with Crippen LogP contribution in [-0.2, 0) is 16.1 Å². The minimum absolute atomic E-state index is 0.0311. The summed E-state index contributed by atoms with van der Waals surface area (Å²) in [6.45, 7) is 0.219. The number of hydrogen-bond acceptors (Lipinski definition) is 3. The van der Waals surface area contributed by atoms with Crippen molar-refractivity contribution in [2.45, 2.75) is 12.6 Å². The van der Waals surface area contributed by atoms with E-state index >= 15 is 0 Å². The van der Waals surface area contributed by atoms with Gasteiger partial charge in [0.15, 0.2) is 6.10 Å². The molecular formula is C19H18FN3O2. The van der Waals surface area contributed by atoms with Crippen LogP contribution in [0.2, 0.25) is 0 Å². The highest BCUT2D eigenvalue weighted by molar-refractivity contribution is 5.94. The van der Waals surface area contributed by atoms with Gasteiger partial charge in [-0.2, -0.15) is 0 Å². The van der Waals surface area contributed by atoms with E-state index in [1.54, 1.807) is 30.3 Å². The second kappa shape index (κ2) is 8.08. The second-order valence-corrected chi connectivity index (χ2v) is 5.29. The lowest BCUT2D eigenvalue weighted by Crippen LogP contribution is -2.31. The molecule has 0 aliphatic carbocycles. The smallest absolute Gasteiger partial charge is 0.254 e. The first-order valence-electron chi connectivity index (χ1n) is 7.46. The molecule has 0 bridgehead atoms. The van der Waals surface area contributed by atoms with Crippen molar-refractivity contribution < 1.29 is 13.9 Å². The first-order chi connectivity index (χ1) is 12.0. The number of benzene rings is 2. The van der Waals surface area contributed by atoms with Crippen molar-refractivity contribution in [2.75, 3.05) is 7.11 Å². The van der Waals surface area contributed by atoms with Crippen LogP contribution in [0.4, 0.5) is 4.39 Å². The zero-order valence-corrected chi connectivity index (χ0v) is 13.7. The van der Waals surface area contributed by atoms with Crippen molar-refractivity contribution in [3.63, 3.8) is 0 Å². The van der Waals surface area contributed by atoms with Crippen LogP contribution in [0.25, 0.3) is 0 Å². The van der Waals surface area contributed by atoms with E-state index in [1.807, 2.05) is 0 Å². The minimum atomic E-state index is -1.15. The molecule has 0 saturated carbocycles. The summed E-state index contributed by atoms with van der Waals surface area (Å²) in [6, 6.07) is 11.1. The van der Waals surface area contributed by atoms with Gasteiger partial charge in [0.1, 0.15) is 11.7 Å². The second-order valence-electron chi connectivity index (χ2n) is 5.29. The topological polar surface area (TPSA) is 88.2 Å². The average Bonchev–Trinajstić information content (AvgIpc) is 2.62. The van der Waals surface area contributed by atoms with E-state index in [9.17, 15) is 9.18 Å². The zero-order chi connectivity index (χ0) is 18.4. The molecule has 0 saturated heterocycles. The van der Waals surface area contributed by atoms with Gasteiger partial charge in [-0.25, -0.2) is 4.39 Å². The Labute approximate surface area is 145 Å². The normalized spacial score (nSPS) is 11.4. The number of hydrogen-bond donors (Lipinski definition) is 3. The van der Waals surface area contributed by atoms with Crippen LogP contribution in [0.1, 0.15) is 28.4 Å².